The first-order valence-electron chi connectivity index (χ1n) is 7.47. The smallest absolute Gasteiger partial charge is 0.256 e. The van der Waals surface area contributed by atoms with Gasteiger partial charge in [-0.15, -0.1) is 0 Å². The average molecular weight is 286 g/mol. The number of aliphatic hydroxyl groups is 1. The van der Waals surface area contributed by atoms with Gasteiger partial charge in [-0.2, -0.15) is 0 Å². The summed E-state index contributed by atoms with van der Waals surface area (Å²) in [6.07, 6.45) is 3.71. The van der Waals surface area contributed by atoms with Gasteiger partial charge in [0, 0.05) is 30.7 Å². The van der Waals surface area contributed by atoms with Crippen LogP contribution in [0.4, 0.5) is 0 Å². The molecule has 1 aliphatic rings. The van der Waals surface area contributed by atoms with Gasteiger partial charge in [0.2, 0.25) is 0 Å². The molecule has 4 heteroatoms. The van der Waals surface area contributed by atoms with Gasteiger partial charge >= 0.3 is 0 Å². The number of para-hydroxylation sites is 1. The third-order valence-corrected chi connectivity index (χ3v) is 4.46. The molecule has 1 fully saturated rings. The van der Waals surface area contributed by atoms with Crippen LogP contribution in [-0.4, -0.2) is 38.7 Å². The molecular formula is C17H22N2O2. The summed E-state index contributed by atoms with van der Waals surface area (Å²) in [6, 6.07) is 7.83. The monoisotopic (exact) mass is 286 g/mol. The molecule has 1 aliphatic heterocycles. The van der Waals surface area contributed by atoms with Gasteiger partial charge in [0.15, 0.2) is 0 Å². The van der Waals surface area contributed by atoms with Crippen molar-refractivity contribution >= 4 is 16.8 Å². The minimum atomic E-state index is -0.864. The van der Waals surface area contributed by atoms with Crippen LogP contribution in [0.25, 0.3) is 10.9 Å². The Hall–Kier alpha value is -1.81. The van der Waals surface area contributed by atoms with Crippen molar-refractivity contribution in [2.75, 3.05) is 6.54 Å². The number of benzene rings is 1. The summed E-state index contributed by atoms with van der Waals surface area (Å²) < 4.78 is 1.98. The van der Waals surface area contributed by atoms with Gasteiger partial charge in [-0.3, -0.25) is 4.79 Å². The lowest BCUT2D eigenvalue weighted by Gasteiger charge is -2.33. The van der Waals surface area contributed by atoms with E-state index in [1.54, 1.807) is 13.8 Å². The maximum atomic E-state index is 12.9. The van der Waals surface area contributed by atoms with Crippen molar-refractivity contribution in [3.63, 3.8) is 0 Å². The van der Waals surface area contributed by atoms with Crippen molar-refractivity contribution in [2.45, 2.75) is 38.3 Å². The van der Waals surface area contributed by atoms with Crippen molar-refractivity contribution in [2.24, 2.45) is 7.05 Å². The molecule has 1 aromatic heterocycles. The van der Waals surface area contributed by atoms with E-state index in [1.807, 2.05) is 47.0 Å². The second kappa shape index (κ2) is 4.88. The molecule has 3 rings (SSSR count). The zero-order chi connectivity index (χ0) is 15.2. The van der Waals surface area contributed by atoms with Crippen LogP contribution in [0, 0.1) is 0 Å². The highest BCUT2D eigenvalue weighted by Gasteiger charge is 2.39. The number of carbonyl (C=O) groups excluding carboxylic acids is 1. The van der Waals surface area contributed by atoms with E-state index in [4.69, 9.17) is 0 Å². The van der Waals surface area contributed by atoms with E-state index < -0.39 is 5.60 Å². The standard InChI is InChI=1S/C17H22N2O2/c1-17(2,21)15-9-6-10-19(15)16(20)13-11-18(3)14-8-5-4-7-12(13)14/h4-5,7-8,11,15,21H,6,9-10H2,1-3H3. The molecule has 1 aromatic carbocycles. The first-order chi connectivity index (χ1) is 9.89. The lowest BCUT2D eigenvalue weighted by Crippen LogP contribution is -2.48. The van der Waals surface area contributed by atoms with Gasteiger partial charge in [0.05, 0.1) is 17.2 Å². The van der Waals surface area contributed by atoms with E-state index in [-0.39, 0.29) is 11.9 Å². The van der Waals surface area contributed by atoms with Crippen molar-refractivity contribution in [3.8, 4) is 0 Å². The highest BCUT2D eigenvalue weighted by molar-refractivity contribution is 6.07. The topological polar surface area (TPSA) is 45.5 Å². The largest absolute Gasteiger partial charge is 0.388 e. The second-order valence-corrected chi connectivity index (χ2v) is 6.48. The Bertz CT molecular complexity index is 682. The molecule has 1 N–H and O–H groups in total. The van der Waals surface area contributed by atoms with Gasteiger partial charge in [0.25, 0.3) is 5.91 Å². The number of rotatable bonds is 2. The Morgan fingerprint density at radius 1 is 1.33 bits per heavy atom. The minimum absolute atomic E-state index is 0.0245. The molecule has 0 bridgehead atoms. The van der Waals surface area contributed by atoms with Crippen LogP contribution in [0.1, 0.15) is 37.0 Å². The van der Waals surface area contributed by atoms with Crippen LogP contribution in [-0.2, 0) is 7.05 Å². The minimum Gasteiger partial charge on any atom is -0.388 e. The fourth-order valence-electron chi connectivity index (χ4n) is 3.41. The molecule has 0 radical (unpaired) electrons. The number of likely N-dealkylation sites (tertiary alicyclic amines) is 1. The molecule has 0 saturated carbocycles. The van der Waals surface area contributed by atoms with E-state index in [0.29, 0.717) is 0 Å². The Morgan fingerprint density at radius 2 is 2.05 bits per heavy atom. The highest BCUT2D eigenvalue weighted by Crippen LogP contribution is 2.30. The summed E-state index contributed by atoms with van der Waals surface area (Å²) in [7, 11) is 1.95. The number of aryl methyl sites for hydroxylation is 1. The number of hydrogen-bond acceptors (Lipinski definition) is 2. The van der Waals surface area contributed by atoms with Crippen LogP contribution in [0.15, 0.2) is 30.5 Å². The van der Waals surface area contributed by atoms with Crippen LogP contribution in [0.5, 0.6) is 0 Å². The van der Waals surface area contributed by atoms with E-state index >= 15 is 0 Å². The van der Waals surface area contributed by atoms with Crippen molar-refractivity contribution in [3.05, 3.63) is 36.0 Å². The normalized spacial score (nSPS) is 19.4. The zero-order valence-corrected chi connectivity index (χ0v) is 12.8. The zero-order valence-electron chi connectivity index (χ0n) is 12.8. The van der Waals surface area contributed by atoms with Gasteiger partial charge in [-0.25, -0.2) is 0 Å². The summed E-state index contributed by atoms with van der Waals surface area (Å²) in [5.74, 6) is 0.0245. The summed E-state index contributed by atoms with van der Waals surface area (Å²) in [5, 5.41) is 11.3. The van der Waals surface area contributed by atoms with E-state index in [2.05, 4.69) is 0 Å². The van der Waals surface area contributed by atoms with Crippen molar-refractivity contribution in [1.82, 2.24) is 9.47 Å². The number of fused-ring (bicyclic) bond motifs is 1. The van der Waals surface area contributed by atoms with Gasteiger partial charge in [0.1, 0.15) is 0 Å². The lowest BCUT2D eigenvalue weighted by molar-refractivity contribution is 0.000403. The number of nitrogens with zero attached hydrogens (tertiary/aromatic N) is 2. The SMILES string of the molecule is Cn1cc(C(=O)N2CCCC2C(C)(C)O)c2ccccc21. The number of aromatic nitrogens is 1. The quantitative estimate of drug-likeness (QED) is 0.922. The summed E-state index contributed by atoms with van der Waals surface area (Å²) >= 11 is 0. The number of carbonyl (C=O) groups is 1. The Kier molecular flexibility index (Phi) is 3.29. The van der Waals surface area contributed by atoms with Crippen LogP contribution < -0.4 is 0 Å². The van der Waals surface area contributed by atoms with Gasteiger partial charge < -0.3 is 14.6 Å². The second-order valence-electron chi connectivity index (χ2n) is 6.48. The predicted molar refractivity (Wildman–Crippen MR) is 83.3 cm³/mol. The molecule has 2 aromatic rings. The third-order valence-electron chi connectivity index (χ3n) is 4.46. The number of amides is 1. The molecule has 1 saturated heterocycles. The van der Waals surface area contributed by atoms with E-state index in [1.165, 1.54) is 0 Å². The summed E-state index contributed by atoms with van der Waals surface area (Å²) in [5.41, 5.74) is 0.917. The molecule has 0 aliphatic carbocycles. The Balaban J connectivity index is 2.01. The maximum absolute atomic E-state index is 12.9. The Morgan fingerprint density at radius 3 is 2.76 bits per heavy atom. The summed E-state index contributed by atoms with van der Waals surface area (Å²) in [6.45, 7) is 4.29. The van der Waals surface area contributed by atoms with Crippen molar-refractivity contribution < 1.29 is 9.90 Å². The van der Waals surface area contributed by atoms with Crippen LogP contribution in [0.2, 0.25) is 0 Å². The first kappa shape index (κ1) is 14.1. The van der Waals surface area contributed by atoms with Gasteiger partial charge in [-0.05, 0) is 32.8 Å². The van der Waals surface area contributed by atoms with Crippen molar-refractivity contribution in [1.29, 1.82) is 0 Å². The lowest BCUT2D eigenvalue weighted by atomic mass is 9.96. The van der Waals surface area contributed by atoms with E-state index in [9.17, 15) is 9.90 Å². The molecule has 112 valence electrons. The molecule has 1 atom stereocenters. The Labute approximate surface area is 125 Å². The molecule has 2 heterocycles. The molecule has 1 unspecified atom stereocenters. The molecular weight excluding hydrogens is 264 g/mol. The predicted octanol–water partition coefficient (Wildman–Crippen LogP) is 2.55. The maximum Gasteiger partial charge on any atom is 0.256 e. The first-order valence-corrected chi connectivity index (χ1v) is 7.47. The fraction of sp³-hybridized carbons (Fsp3) is 0.471. The van der Waals surface area contributed by atoms with Crippen LogP contribution >= 0.6 is 0 Å². The van der Waals surface area contributed by atoms with Gasteiger partial charge in [-0.1, -0.05) is 18.2 Å². The third kappa shape index (κ3) is 2.33. The van der Waals surface area contributed by atoms with Crippen LogP contribution in [0.3, 0.4) is 0 Å². The highest BCUT2D eigenvalue weighted by atomic mass is 16.3. The molecule has 21 heavy (non-hydrogen) atoms. The summed E-state index contributed by atoms with van der Waals surface area (Å²) in [4.78, 5) is 14.8. The molecule has 4 nitrogen and oxygen atoms in total. The molecule has 1 amide bonds. The number of hydrogen-bond donors (Lipinski definition) is 1. The average Bonchev–Trinajstić information content (AvgIpc) is 3.03. The van der Waals surface area contributed by atoms with E-state index in [0.717, 1.165) is 35.9 Å². The molecule has 0 spiro atoms. The fourth-order valence-corrected chi connectivity index (χ4v) is 3.41.